The molecule has 0 heterocycles. The Kier molecular flexibility index (Phi) is 9.76. The van der Waals surface area contributed by atoms with Crippen molar-refractivity contribution in [3.8, 4) is 0 Å². The Hall–Kier alpha value is -3.24. The molecule has 0 aliphatic heterocycles. The van der Waals surface area contributed by atoms with E-state index in [-0.39, 0.29) is 22.4 Å². The Labute approximate surface area is 200 Å². The van der Waals surface area contributed by atoms with Gasteiger partial charge in [-0.25, -0.2) is 8.42 Å². The van der Waals surface area contributed by atoms with Crippen LogP contribution in [0.2, 0.25) is 0 Å². The van der Waals surface area contributed by atoms with Crippen LogP contribution >= 0.6 is 0 Å². The molecule has 9 nitrogen and oxygen atoms in total. The highest BCUT2D eigenvalue weighted by Crippen LogP contribution is 2.18. The highest BCUT2D eigenvalue weighted by Gasteiger charge is 2.22. The Balaban J connectivity index is 1.84. The van der Waals surface area contributed by atoms with E-state index in [9.17, 15) is 22.8 Å². The molecule has 1 N–H and O–H groups in total. The molecule has 0 fully saturated rings. The summed E-state index contributed by atoms with van der Waals surface area (Å²) in [7, 11) is -2.00. The van der Waals surface area contributed by atoms with Crippen molar-refractivity contribution in [3.05, 3.63) is 65.7 Å². The maximum atomic E-state index is 12.5. The van der Waals surface area contributed by atoms with Crippen molar-refractivity contribution in [1.82, 2.24) is 14.5 Å². The third-order valence-electron chi connectivity index (χ3n) is 5.47. The second-order valence-electron chi connectivity index (χ2n) is 7.55. The molecule has 0 bridgehead atoms. The van der Waals surface area contributed by atoms with E-state index in [1.807, 2.05) is 37.3 Å². The molecule has 2 rings (SSSR count). The van der Waals surface area contributed by atoms with E-state index in [0.29, 0.717) is 13.1 Å². The zero-order valence-electron chi connectivity index (χ0n) is 19.9. The zero-order chi connectivity index (χ0) is 25.3. The maximum Gasteiger partial charge on any atom is 0.325 e. The Morgan fingerprint density at radius 3 is 2.12 bits per heavy atom. The molecule has 1 unspecified atom stereocenters. The number of nitrogens with one attached hydrogen (secondary N) is 1. The molecule has 0 aliphatic carbocycles. The molecule has 2 aromatic carbocycles. The first-order valence-electron chi connectivity index (χ1n) is 11.0. The molecule has 0 radical (unpaired) electrons. The van der Waals surface area contributed by atoms with E-state index in [0.717, 1.165) is 5.56 Å². The predicted molar refractivity (Wildman–Crippen MR) is 127 cm³/mol. The number of ether oxygens (including phenoxy) is 1. The standard InChI is InChI=1S/C24H31N3O6S/c1-5-27(6-2)34(31,32)21-14-12-20(13-15-21)24(30)25-16-23(29)33-17-22(28)26(4)18(3)19-10-8-7-9-11-19/h7-15,18H,5-6,16-17H2,1-4H3,(H,25,30). The second-order valence-corrected chi connectivity index (χ2v) is 9.49. The van der Waals surface area contributed by atoms with Gasteiger partial charge in [-0.2, -0.15) is 4.31 Å². The van der Waals surface area contributed by atoms with Gasteiger partial charge in [0, 0.05) is 25.7 Å². The van der Waals surface area contributed by atoms with Crippen LogP contribution in [0.1, 0.15) is 42.7 Å². The number of likely N-dealkylation sites (N-methyl/N-ethyl adjacent to an activating group) is 1. The van der Waals surface area contributed by atoms with Crippen molar-refractivity contribution in [1.29, 1.82) is 0 Å². The van der Waals surface area contributed by atoms with Crippen LogP contribution in [0.15, 0.2) is 59.5 Å². The van der Waals surface area contributed by atoms with Gasteiger partial charge >= 0.3 is 5.97 Å². The summed E-state index contributed by atoms with van der Waals surface area (Å²) >= 11 is 0. The van der Waals surface area contributed by atoms with Gasteiger partial charge in [0.05, 0.1) is 10.9 Å². The van der Waals surface area contributed by atoms with Crippen LogP contribution < -0.4 is 5.32 Å². The molecule has 0 saturated heterocycles. The fourth-order valence-electron chi connectivity index (χ4n) is 3.21. The SMILES string of the molecule is CCN(CC)S(=O)(=O)c1ccc(C(=O)NCC(=O)OCC(=O)N(C)C(C)c2ccccc2)cc1. The smallest absolute Gasteiger partial charge is 0.325 e. The Morgan fingerprint density at radius 1 is 0.971 bits per heavy atom. The first-order chi connectivity index (χ1) is 16.1. The van der Waals surface area contributed by atoms with Crippen LogP contribution in [-0.4, -0.2) is 68.7 Å². The molecule has 34 heavy (non-hydrogen) atoms. The van der Waals surface area contributed by atoms with Crippen LogP contribution in [0.25, 0.3) is 0 Å². The van der Waals surface area contributed by atoms with Crippen LogP contribution in [0.4, 0.5) is 0 Å². The minimum atomic E-state index is -3.62. The van der Waals surface area contributed by atoms with Gasteiger partial charge in [0.15, 0.2) is 6.61 Å². The average Bonchev–Trinajstić information content (AvgIpc) is 2.86. The normalized spacial score (nSPS) is 12.1. The van der Waals surface area contributed by atoms with E-state index in [4.69, 9.17) is 4.74 Å². The summed E-state index contributed by atoms with van der Waals surface area (Å²) in [6.45, 7) is 5.17. The van der Waals surface area contributed by atoms with Crippen molar-refractivity contribution in [2.45, 2.75) is 31.7 Å². The minimum absolute atomic E-state index is 0.0829. The largest absolute Gasteiger partial charge is 0.454 e. The van der Waals surface area contributed by atoms with E-state index in [1.54, 1.807) is 20.9 Å². The minimum Gasteiger partial charge on any atom is -0.454 e. The van der Waals surface area contributed by atoms with Gasteiger partial charge < -0.3 is 15.0 Å². The summed E-state index contributed by atoms with van der Waals surface area (Å²) in [6, 6.07) is 14.7. The summed E-state index contributed by atoms with van der Waals surface area (Å²) in [5.74, 6) is -1.70. The number of esters is 1. The van der Waals surface area contributed by atoms with Crippen molar-refractivity contribution in [2.75, 3.05) is 33.3 Å². The van der Waals surface area contributed by atoms with Gasteiger partial charge in [0.2, 0.25) is 10.0 Å². The average molecular weight is 490 g/mol. The molecule has 2 amide bonds. The Bertz CT molecular complexity index is 1080. The van der Waals surface area contributed by atoms with E-state index >= 15 is 0 Å². The number of amides is 2. The van der Waals surface area contributed by atoms with Crippen molar-refractivity contribution < 1.29 is 27.5 Å². The molecular weight excluding hydrogens is 458 g/mol. The number of sulfonamides is 1. The van der Waals surface area contributed by atoms with Crippen molar-refractivity contribution >= 4 is 27.8 Å². The number of hydrogen-bond acceptors (Lipinski definition) is 6. The maximum absolute atomic E-state index is 12.5. The molecular formula is C24H31N3O6S. The second kappa shape index (κ2) is 12.3. The Morgan fingerprint density at radius 2 is 1.56 bits per heavy atom. The highest BCUT2D eigenvalue weighted by molar-refractivity contribution is 7.89. The third kappa shape index (κ3) is 6.88. The fraction of sp³-hybridized carbons (Fsp3) is 0.375. The first kappa shape index (κ1) is 27.0. The van der Waals surface area contributed by atoms with Gasteiger partial charge in [0.25, 0.3) is 11.8 Å². The molecule has 2 aromatic rings. The van der Waals surface area contributed by atoms with Gasteiger partial charge in [-0.3, -0.25) is 14.4 Å². The van der Waals surface area contributed by atoms with Crippen LogP contribution in [0, 0.1) is 0 Å². The van der Waals surface area contributed by atoms with Crippen molar-refractivity contribution in [2.24, 2.45) is 0 Å². The zero-order valence-corrected chi connectivity index (χ0v) is 20.7. The van der Waals surface area contributed by atoms with E-state index in [2.05, 4.69) is 5.32 Å². The summed E-state index contributed by atoms with van der Waals surface area (Å²) in [4.78, 5) is 38.2. The van der Waals surface area contributed by atoms with E-state index < -0.39 is 35.1 Å². The first-order valence-corrected chi connectivity index (χ1v) is 12.4. The number of rotatable bonds is 11. The lowest BCUT2D eigenvalue weighted by Crippen LogP contribution is -2.36. The number of carbonyl (C=O) groups excluding carboxylic acids is 3. The lowest BCUT2D eigenvalue weighted by Gasteiger charge is -2.25. The lowest BCUT2D eigenvalue weighted by atomic mass is 10.1. The third-order valence-corrected chi connectivity index (χ3v) is 7.53. The lowest BCUT2D eigenvalue weighted by molar-refractivity contribution is -0.151. The van der Waals surface area contributed by atoms with Crippen molar-refractivity contribution in [3.63, 3.8) is 0 Å². The van der Waals surface area contributed by atoms with Gasteiger partial charge in [-0.1, -0.05) is 44.2 Å². The summed E-state index contributed by atoms with van der Waals surface area (Å²) in [5, 5.41) is 2.41. The topological polar surface area (TPSA) is 113 Å². The molecule has 184 valence electrons. The van der Waals surface area contributed by atoms with Crippen LogP contribution in [0.5, 0.6) is 0 Å². The van der Waals surface area contributed by atoms with Crippen LogP contribution in [0.3, 0.4) is 0 Å². The number of hydrogen-bond donors (Lipinski definition) is 1. The van der Waals surface area contributed by atoms with E-state index in [1.165, 1.54) is 33.5 Å². The molecule has 0 saturated carbocycles. The van der Waals surface area contributed by atoms with Gasteiger partial charge in [0.1, 0.15) is 6.54 Å². The molecule has 0 spiro atoms. The van der Waals surface area contributed by atoms with Crippen LogP contribution in [-0.2, 0) is 24.3 Å². The fourth-order valence-corrected chi connectivity index (χ4v) is 4.67. The monoisotopic (exact) mass is 489 g/mol. The quantitative estimate of drug-likeness (QED) is 0.484. The highest BCUT2D eigenvalue weighted by atomic mass is 32.2. The molecule has 0 aromatic heterocycles. The number of benzene rings is 2. The number of carbonyl (C=O) groups is 3. The summed E-state index contributed by atoms with van der Waals surface area (Å²) < 4.78 is 31.3. The molecule has 10 heteroatoms. The van der Waals surface area contributed by atoms with Gasteiger partial charge in [-0.05, 0) is 36.8 Å². The molecule has 1 atom stereocenters. The number of nitrogens with zero attached hydrogens (tertiary/aromatic N) is 2. The molecule has 0 aliphatic rings. The van der Waals surface area contributed by atoms with Gasteiger partial charge in [-0.15, -0.1) is 0 Å². The predicted octanol–water partition coefficient (Wildman–Crippen LogP) is 2.21. The summed E-state index contributed by atoms with van der Waals surface area (Å²) in [6.07, 6.45) is 0. The summed E-state index contributed by atoms with van der Waals surface area (Å²) in [5.41, 5.74) is 1.15.